The second kappa shape index (κ2) is 9.00. The fourth-order valence-electron chi connectivity index (χ4n) is 1.79. The van der Waals surface area contributed by atoms with Gasteiger partial charge >= 0.3 is 5.97 Å². The number of aryl methyl sites for hydroxylation is 1. The summed E-state index contributed by atoms with van der Waals surface area (Å²) in [6.45, 7) is 2.12. The Morgan fingerprint density at radius 3 is 2.43 bits per heavy atom. The Balaban J connectivity index is 1.63. The molecule has 1 amide bonds. The van der Waals surface area contributed by atoms with Crippen LogP contribution in [0.5, 0.6) is 0 Å². The van der Waals surface area contributed by atoms with Gasteiger partial charge in [0.2, 0.25) is 5.91 Å². The van der Waals surface area contributed by atoms with Crippen molar-refractivity contribution in [3.8, 4) is 0 Å². The van der Waals surface area contributed by atoms with Gasteiger partial charge in [0.25, 0.3) is 0 Å². The van der Waals surface area contributed by atoms with Crippen LogP contribution in [-0.2, 0) is 20.9 Å². The Kier molecular flexibility index (Phi) is 6.69. The van der Waals surface area contributed by atoms with Crippen LogP contribution in [0.3, 0.4) is 0 Å². The predicted molar refractivity (Wildman–Crippen MR) is 91.2 cm³/mol. The zero-order chi connectivity index (χ0) is 16.5. The summed E-state index contributed by atoms with van der Waals surface area (Å²) < 4.78 is 5.09. The van der Waals surface area contributed by atoms with E-state index in [1.165, 1.54) is 17.3 Å². The number of thioether (sulfide) groups is 1. The standard InChI is InChI=1S/C18H19NO3S/c1-14-7-9-16(10-8-14)23-13-17(20)19-11-18(21)22-12-15-5-3-2-4-6-15/h2-10H,11-13H2,1H3,(H,19,20). The molecule has 0 unspecified atom stereocenters. The highest BCUT2D eigenvalue weighted by atomic mass is 32.2. The number of carbonyl (C=O) groups is 2. The Labute approximate surface area is 140 Å². The summed E-state index contributed by atoms with van der Waals surface area (Å²) in [5.41, 5.74) is 2.10. The molecule has 4 nitrogen and oxygen atoms in total. The lowest BCUT2D eigenvalue weighted by atomic mass is 10.2. The summed E-state index contributed by atoms with van der Waals surface area (Å²) in [5, 5.41) is 2.57. The zero-order valence-electron chi connectivity index (χ0n) is 13.0. The average molecular weight is 329 g/mol. The van der Waals surface area contributed by atoms with Crippen LogP contribution in [0, 0.1) is 6.92 Å². The molecule has 5 heteroatoms. The lowest BCUT2D eigenvalue weighted by Gasteiger charge is -2.07. The van der Waals surface area contributed by atoms with E-state index in [-0.39, 0.29) is 24.8 Å². The highest BCUT2D eigenvalue weighted by Gasteiger charge is 2.07. The van der Waals surface area contributed by atoms with E-state index in [4.69, 9.17) is 4.74 Å². The van der Waals surface area contributed by atoms with E-state index in [1.54, 1.807) is 0 Å². The minimum absolute atomic E-state index is 0.111. The quantitative estimate of drug-likeness (QED) is 0.627. The normalized spacial score (nSPS) is 10.1. The lowest BCUT2D eigenvalue weighted by molar-refractivity contribution is -0.145. The Hall–Kier alpha value is -2.27. The minimum Gasteiger partial charge on any atom is -0.460 e. The molecule has 0 saturated carbocycles. The molecule has 1 N–H and O–H groups in total. The Morgan fingerprint density at radius 1 is 1.04 bits per heavy atom. The third-order valence-corrected chi connectivity index (χ3v) is 4.08. The molecule has 0 fully saturated rings. The molecule has 23 heavy (non-hydrogen) atoms. The van der Waals surface area contributed by atoms with Crippen molar-refractivity contribution >= 4 is 23.6 Å². The maximum absolute atomic E-state index is 11.7. The van der Waals surface area contributed by atoms with E-state index in [0.29, 0.717) is 0 Å². The number of amides is 1. The lowest BCUT2D eigenvalue weighted by Crippen LogP contribution is -2.31. The van der Waals surface area contributed by atoms with Crippen LogP contribution in [0.2, 0.25) is 0 Å². The molecule has 0 aromatic heterocycles. The molecular formula is C18H19NO3S. The number of nitrogens with one attached hydrogen (secondary N) is 1. The first-order chi connectivity index (χ1) is 11.1. The molecule has 0 radical (unpaired) electrons. The number of hydrogen-bond acceptors (Lipinski definition) is 4. The molecule has 120 valence electrons. The molecule has 0 spiro atoms. The van der Waals surface area contributed by atoms with Crippen molar-refractivity contribution in [1.29, 1.82) is 0 Å². The smallest absolute Gasteiger partial charge is 0.325 e. The number of esters is 1. The van der Waals surface area contributed by atoms with Crippen molar-refractivity contribution in [2.24, 2.45) is 0 Å². The average Bonchev–Trinajstić information content (AvgIpc) is 2.58. The molecular weight excluding hydrogens is 310 g/mol. The number of benzene rings is 2. The number of rotatable bonds is 7. The largest absolute Gasteiger partial charge is 0.460 e. The van der Waals surface area contributed by atoms with Crippen LogP contribution in [0.1, 0.15) is 11.1 Å². The summed E-state index contributed by atoms with van der Waals surface area (Å²) in [6.07, 6.45) is 0. The predicted octanol–water partition coefficient (Wildman–Crippen LogP) is 2.95. The summed E-state index contributed by atoms with van der Waals surface area (Å²) in [4.78, 5) is 24.3. The van der Waals surface area contributed by atoms with Crippen molar-refractivity contribution in [3.05, 3.63) is 65.7 Å². The van der Waals surface area contributed by atoms with Gasteiger partial charge in [-0.05, 0) is 24.6 Å². The fraction of sp³-hybridized carbons (Fsp3) is 0.222. The second-order valence-electron chi connectivity index (χ2n) is 5.02. The minimum atomic E-state index is -0.442. The van der Waals surface area contributed by atoms with Crippen molar-refractivity contribution in [2.75, 3.05) is 12.3 Å². The van der Waals surface area contributed by atoms with E-state index >= 15 is 0 Å². The first-order valence-electron chi connectivity index (χ1n) is 7.29. The van der Waals surface area contributed by atoms with E-state index in [9.17, 15) is 9.59 Å². The maximum atomic E-state index is 11.7. The van der Waals surface area contributed by atoms with Crippen molar-refractivity contribution < 1.29 is 14.3 Å². The topological polar surface area (TPSA) is 55.4 Å². The van der Waals surface area contributed by atoms with Crippen molar-refractivity contribution in [2.45, 2.75) is 18.4 Å². The van der Waals surface area contributed by atoms with Gasteiger partial charge in [-0.2, -0.15) is 0 Å². The summed E-state index contributed by atoms with van der Waals surface area (Å²) >= 11 is 1.43. The van der Waals surface area contributed by atoms with E-state index in [1.807, 2.05) is 61.5 Å². The van der Waals surface area contributed by atoms with Gasteiger partial charge < -0.3 is 10.1 Å². The molecule has 0 aliphatic heterocycles. The van der Waals surface area contributed by atoms with Gasteiger partial charge in [-0.15, -0.1) is 11.8 Å². The first kappa shape index (κ1) is 17.1. The van der Waals surface area contributed by atoms with Crippen LogP contribution < -0.4 is 5.32 Å². The molecule has 0 bridgehead atoms. The molecule has 2 rings (SSSR count). The molecule has 0 aliphatic carbocycles. The third kappa shape index (κ3) is 6.57. The maximum Gasteiger partial charge on any atom is 0.325 e. The summed E-state index contributed by atoms with van der Waals surface area (Å²) in [6, 6.07) is 17.4. The van der Waals surface area contributed by atoms with Gasteiger partial charge in [0.1, 0.15) is 13.2 Å². The Bertz CT molecular complexity index is 641. The van der Waals surface area contributed by atoms with Crippen LogP contribution in [0.15, 0.2) is 59.5 Å². The monoisotopic (exact) mass is 329 g/mol. The summed E-state index contributed by atoms with van der Waals surface area (Å²) in [7, 11) is 0. The molecule has 0 aliphatic rings. The van der Waals surface area contributed by atoms with Gasteiger partial charge in [0, 0.05) is 4.90 Å². The first-order valence-corrected chi connectivity index (χ1v) is 8.28. The third-order valence-electron chi connectivity index (χ3n) is 3.06. The van der Waals surface area contributed by atoms with Gasteiger partial charge in [0.15, 0.2) is 0 Å². The molecule has 0 atom stereocenters. The van der Waals surface area contributed by atoms with E-state index in [2.05, 4.69) is 5.32 Å². The molecule has 0 heterocycles. The highest BCUT2D eigenvalue weighted by Crippen LogP contribution is 2.17. The van der Waals surface area contributed by atoms with E-state index in [0.717, 1.165) is 10.5 Å². The number of hydrogen-bond donors (Lipinski definition) is 1. The zero-order valence-corrected chi connectivity index (χ0v) is 13.8. The molecule has 0 saturated heterocycles. The fourth-order valence-corrected chi connectivity index (χ4v) is 2.52. The second-order valence-corrected chi connectivity index (χ2v) is 6.07. The van der Waals surface area contributed by atoms with Gasteiger partial charge in [0.05, 0.1) is 5.75 Å². The number of carbonyl (C=O) groups excluding carboxylic acids is 2. The van der Waals surface area contributed by atoms with Crippen LogP contribution in [-0.4, -0.2) is 24.2 Å². The SMILES string of the molecule is Cc1ccc(SCC(=O)NCC(=O)OCc2ccccc2)cc1. The van der Waals surface area contributed by atoms with Gasteiger partial charge in [-0.1, -0.05) is 48.0 Å². The van der Waals surface area contributed by atoms with Crippen molar-refractivity contribution in [3.63, 3.8) is 0 Å². The summed E-state index contributed by atoms with van der Waals surface area (Å²) in [5.74, 6) is -0.357. The van der Waals surface area contributed by atoms with Crippen LogP contribution >= 0.6 is 11.8 Å². The van der Waals surface area contributed by atoms with Gasteiger partial charge in [-0.25, -0.2) is 0 Å². The van der Waals surface area contributed by atoms with Gasteiger partial charge in [-0.3, -0.25) is 9.59 Å². The molecule has 2 aromatic carbocycles. The molecule has 2 aromatic rings. The van der Waals surface area contributed by atoms with Crippen LogP contribution in [0.25, 0.3) is 0 Å². The number of ether oxygens (including phenoxy) is 1. The Morgan fingerprint density at radius 2 is 1.74 bits per heavy atom. The van der Waals surface area contributed by atoms with E-state index < -0.39 is 5.97 Å². The van der Waals surface area contributed by atoms with Crippen LogP contribution in [0.4, 0.5) is 0 Å². The highest BCUT2D eigenvalue weighted by molar-refractivity contribution is 8.00. The van der Waals surface area contributed by atoms with Crippen molar-refractivity contribution in [1.82, 2.24) is 5.32 Å².